The molecule has 4 rings (SSSR count). The fourth-order valence-electron chi connectivity index (χ4n) is 4.08. The van der Waals surface area contributed by atoms with E-state index in [0.29, 0.717) is 18.7 Å². The van der Waals surface area contributed by atoms with Crippen molar-refractivity contribution in [1.82, 2.24) is 10.2 Å². The molecule has 2 aliphatic rings. The first-order chi connectivity index (χ1) is 14.8. The Labute approximate surface area is 181 Å². The number of fused-ring (bicyclic) bond motifs is 1. The molecule has 2 aliphatic heterocycles. The predicted molar refractivity (Wildman–Crippen MR) is 115 cm³/mol. The first kappa shape index (κ1) is 21.5. The molecule has 2 atom stereocenters. The number of anilines is 1. The average Bonchev–Trinajstić information content (AvgIpc) is 3.11. The number of benzene rings is 2. The van der Waals surface area contributed by atoms with Gasteiger partial charge in [0.1, 0.15) is 5.75 Å². The molecular formula is C22H25N3O5S. The Morgan fingerprint density at radius 3 is 2.71 bits per heavy atom. The van der Waals surface area contributed by atoms with Gasteiger partial charge in [-0.1, -0.05) is 36.4 Å². The highest BCUT2D eigenvalue weighted by molar-refractivity contribution is 7.92. The highest BCUT2D eigenvalue weighted by Crippen LogP contribution is 2.28. The summed E-state index contributed by atoms with van der Waals surface area (Å²) in [6.07, 6.45) is 0.433. The minimum atomic E-state index is -3.65. The first-order valence-electron chi connectivity index (χ1n) is 10.2. The average molecular weight is 444 g/mol. The highest BCUT2D eigenvalue weighted by Gasteiger charge is 2.29. The van der Waals surface area contributed by atoms with Crippen LogP contribution in [0.1, 0.15) is 23.6 Å². The van der Waals surface area contributed by atoms with Gasteiger partial charge in [0.05, 0.1) is 29.1 Å². The number of aliphatic hydroxyl groups is 1. The molecule has 31 heavy (non-hydrogen) atoms. The number of carbonyl (C=O) groups is 2. The van der Waals surface area contributed by atoms with Crippen LogP contribution in [-0.4, -0.2) is 61.7 Å². The molecule has 164 valence electrons. The van der Waals surface area contributed by atoms with Gasteiger partial charge in [0.15, 0.2) is 9.84 Å². The lowest BCUT2D eigenvalue weighted by atomic mass is 10.1. The fraction of sp³-hybridized carbons (Fsp3) is 0.364. The summed E-state index contributed by atoms with van der Waals surface area (Å²) < 4.78 is 24.3. The van der Waals surface area contributed by atoms with Crippen molar-refractivity contribution < 1.29 is 23.1 Å². The quantitative estimate of drug-likeness (QED) is 0.610. The normalized spacial score (nSPS) is 21.2. The van der Waals surface area contributed by atoms with Crippen molar-refractivity contribution in [2.45, 2.75) is 29.9 Å². The molecule has 9 heteroatoms. The molecule has 0 aromatic heterocycles. The van der Waals surface area contributed by atoms with Crippen molar-refractivity contribution in [2.75, 3.05) is 30.7 Å². The monoisotopic (exact) mass is 443 g/mol. The lowest BCUT2D eigenvalue weighted by molar-refractivity contribution is -0.121. The van der Waals surface area contributed by atoms with Gasteiger partial charge in [0, 0.05) is 19.6 Å². The number of likely N-dealkylation sites (tertiary alicyclic amines) is 1. The standard InChI is InChI=1S/C22H25N3O5S/c26-17-8-9-25(12-17)13-19(16-4-2-1-3-5-16)24-21(27)11-15-6-7-20-18(10-15)23-22(28)14-31(20,29)30/h1-7,10,17,19,26H,8-9,11-14H2,(H,23,28)(H,24,27)/t17-,19?/m0/s1. The van der Waals surface area contributed by atoms with Crippen LogP contribution in [0.4, 0.5) is 5.69 Å². The summed E-state index contributed by atoms with van der Waals surface area (Å²) in [6, 6.07) is 14.0. The third kappa shape index (κ3) is 5.12. The number of nitrogens with zero attached hydrogens (tertiary/aromatic N) is 1. The van der Waals surface area contributed by atoms with Gasteiger partial charge in [-0.25, -0.2) is 8.42 Å². The van der Waals surface area contributed by atoms with Gasteiger partial charge >= 0.3 is 0 Å². The van der Waals surface area contributed by atoms with Gasteiger partial charge in [0.2, 0.25) is 11.8 Å². The number of hydrogen-bond acceptors (Lipinski definition) is 6. The number of sulfone groups is 1. The summed E-state index contributed by atoms with van der Waals surface area (Å²) in [7, 11) is -3.65. The van der Waals surface area contributed by atoms with E-state index in [9.17, 15) is 23.1 Å². The molecule has 2 heterocycles. The summed E-state index contributed by atoms with van der Waals surface area (Å²) in [6.45, 7) is 1.95. The zero-order valence-electron chi connectivity index (χ0n) is 17.0. The number of rotatable bonds is 6. The third-order valence-corrected chi connectivity index (χ3v) is 7.23. The largest absolute Gasteiger partial charge is 0.392 e. The predicted octanol–water partition coefficient (Wildman–Crippen LogP) is 0.879. The van der Waals surface area contributed by atoms with Gasteiger partial charge in [-0.05, 0) is 29.7 Å². The lowest BCUT2D eigenvalue weighted by Crippen LogP contribution is -2.38. The maximum absolute atomic E-state index is 12.8. The van der Waals surface area contributed by atoms with E-state index in [-0.39, 0.29) is 35.1 Å². The summed E-state index contributed by atoms with van der Waals surface area (Å²) in [5, 5.41) is 15.4. The maximum atomic E-state index is 12.8. The number of carbonyl (C=O) groups excluding carboxylic acids is 2. The van der Waals surface area contributed by atoms with Crippen molar-refractivity contribution in [3.8, 4) is 0 Å². The van der Waals surface area contributed by atoms with E-state index in [1.807, 2.05) is 30.3 Å². The number of β-amino-alcohol motifs (C(OH)–C–C–N with tert-alkyl or cyclic N) is 1. The van der Waals surface area contributed by atoms with Crippen LogP contribution in [0, 0.1) is 0 Å². The van der Waals surface area contributed by atoms with E-state index in [2.05, 4.69) is 15.5 Å². The van der Waals surface area contributed by atoms with Crippen molar-refractivity contribution in [3.05, 3.63) is 59.7 Å². The Kier molecular flexibility index (Phi) is 6.08. The first-order valence-corrected chi connectivity index (χ1v) is 11.9. The molecule has 1 saturated heterocycles. The molecule has 2 aromatic carbocycles. The van der Waals surface area contributed by atoms with Crippen molar-refractivity contribution >= 4 is 27.3 Å². The number of hydrogen-bond donors (Lipinski definition) is 3. The molecule has 8 nitrogen and oxygen atoms in total. The minimum absolute atomic E-state index is 0.0508. The van der Waals surface area contributed by atoms with Crippen LogP contribution in [0.15, 0.2) is 53.4 Å². The van der Waals surface area contributed by atoms with Gasteiger partial charge in [0.25, 0.3) is 0 Å². The molecule has 0 bridgehead atoms. The van der Waals surface area contributed by atoms with Crippen LogP contribution in [-0.2, 0) is 25.8 Å². The highest BCUT2D eigenvalue weighted by atomic mass is 32.2. The second-order valence-electron chi connectivity index (χ2n) is 8.05. The molecule has 1 unspecified atom stereocenters. The Morgan fingerprint density at radius 1 is 1.23 bits per heavy atom. The van der Waals surface area contributed by atoms with Crippen molar-refractivity contribution in [2.24, 2.45) is 0 Å². The second kappa shape index (κ2) is 8.78. The number of amides is 2. The topological polar surface area (TPSA) is 116 Å². The maximum Gasteiger partial charge on any atom is 0.239 e. The lowest BCUT2D eigenvalue weighted by Gasteiger charge is -2.25. The smallest absolute Gasteiger partial charge is 0.239 e. The van der Waals surface area contributed by atoms with E-state index in [4.69, 9.17) is 0 Å². The Morgan fingerprint density at radius 2 is 2.00 bits per heavy atom. The molecular weight excluding hydrogens is 418 g/mol. The summed E-state index contributed by atoms with van der Waals surface area (Å²) in [5.41, 5.74) is 1.80. The minimum Gasteiger partial charge on any atom is -0.392 e. The van der Waals surface area contributed by atoms with Crippen LogP contribution in [0.5, 0.6) is 0 Å². The Balaban J connectivity index is 1.48. The molecule has 2 aromatic rings. The fourth-order valence-corrected chi connectivity index (χ4v) is 5.37. The van der Waals surface area contributed by atoms with E-state index in [0.717, 1.165) is 18.5 Å². The Hall–Kier alpha value is -2.75. The van der Waals surface area contributed by atoms with Gasteiger partial charge in [-0.2, -0.15) is 0 Å². The second-order valence-corrected chi connectivity index (χ2v) is 10.0. The van der Waals surface area contributed by atoms with E-state index in [1.165, 1.54) is 12.1 Å². The SMILES string of the molecule is O=C1CS(=O)(=O)c2ccc(CC(=O)NC(CN3CC[C@H](O)C3)c3ccccc3)cc2N1. The van der Waals surface area contributed by atoms with Crippen molar-refractivity contribution in [1.29, 1.82) is 0 Å². The van der Waals surface area contributed by atoms with Crippen LogP contribution in [0.25, 0.3) is 0 Å². The summed E-state index contributed by atoms with van der Waals surface area (Å²) >= 11 is 0. The molecule has 2 amide bonds. The zero-order valence-corrected chi connectivity index (χ0v) is 17.8. The number of nitrogens with one attached hydrogen (secondary N) is 2. The van der Waals surface area contributed by atoms with Crippen LogP contribution >= 0.6 is 0 Å². The molecule has 3 N–H and O–H groups in total. The number of aliphatic hydroxyl groups excluding tert-OH is 1. The molecule has 0 saturated carbocycles. The molecule has 0 spiro atoms. The van der Waals surface area contributed by atoms with E-state index >= 15 is 0 Å². The van der Waals surface area contributed by atoms with E-state index < -0.39 is 21.5 Å². The Bertz CT molecular complexity index is 1090. The third-order valence-electron chi connectivity index (χ3n) is 5.56. The molecule has 0 radical (unpaired) electrons. The van der Waals surface area contributed by atoms with Gasteiger partial charge in [-0.15, -0.1) is 0 Å². The van der Waals surface area contributed by atoms with Crippen molar-refractivity contribution in [3.63, 3.8) is 0 Å². The zero-order chi connectivity index (χ0) is 22.0. The summed E-state index contributed by atoms with van der Waals surface area (Å²) in [4.78, 5) is 26.7. The molecule has 1 fully saturated rings. The van der Waals surface area contributed by atoms with Crippen LogP contribution in [0.2, 0.25) is 0 Å². The van der Waals surface area contributed by atoms with Gasteiger partial charge < -0.3 is 15.7 Å². The van der Waals surface area contributed by atoms with Gasteiger partial charge in [-0.3, -0.25) is 14.5 Å². The van der Waals surface area contributed by atoms with Crippen LogP contribution < -0.4 is 10.6 Å². The van der Waals surface area contributed by atoms with E-state index in [1.54, 1.807) is 6.07 Å². The molecule has 0 aliphatic carbocycles. The summed E-state index contributed by atoms with van der Waals surface area (Å²) in [5.74, 6) is -1.35. The van der Waals surface area contributed by atoms with Crippen LogP contribution in [0.3, 0.4) is 0 Å².